The first-order valence-electron chi connectivity index (χ1n) is 7.21. The van der Waals surface area contributed by atoms with Crippen molar-refractivity contribution in [1.29, 1.82) is 0 Å². The van der Waals surface area contributed by atoms with Crippen LogP contribution in [-0.4, -0.2) is 55.5 Å². The van der Waals surface area contributed by atoms with Crippen LogP contribution in [0.1, 0.15) is 18.9 Å². The van der Waals surface area contributed by atoms with Crippen molar-refractivity contribution in [2.45, 2.75) is 25.8 Å². The maximum Gasteiger partial charge on any atom is 0.223 e. The molecule has 1 unspecified atom stereocenters. The summed E-state index contributed by atoms with van der Waals surface area (Å²) in [6.07, 6.45) is 1.38. The van der Waals surface area contributed by atoms with E-state index < -0.39 is 0 Å². The maximum atomic E-state index is 12.3. The van der Waals surface area contributed by atoms with Gasteiger partial charge in [-0.2, -0.15) is 0 Å². The topological polar surface area (TPSA) is 32.8 Å². The summed E-state index contributed by atoms with van der Waals surface area (Å²) in [6, 6.07) is 8.26. The molecule has 0 saturated carbocycles. The molecular weight excluding hydrogens is 252 g/mol. The van der Waals surface area contributed by atoms with Crippen LogP contribution in [0.4, 0.5) is 0 Å². The SMILES string of the molecule is COc1ccc(CCC(=O)N2CCN(C)CC2C)cc1. The molecule has 1 atom stereocenters. The number of hydrogen-bond acceptors (Lipinski definition) is 3. The van der Waals surface area contributed by atoms with E-state index in [9.17, 15) is 4.79 Å². The van der Waals surface area contributed by atoms with E-state index in [0.29, 0.717) is 12.5 Å². The molecular formula is C16H24N2O2. The molecule has 1 aromatic carbocycles. The molecule has 0 aromatic heterocycles. The van der Waals surface area contributed by atoms with Gasteiger partial charge in [-0.05, 0) is 38.1 Å². The van der Waals surface area contributed by atoms with Crippen molar-refractivity contribution in [2.75, 3.05) is 33.8 Å². The van der Waals surface area contributed by atoms with E-state index >= 15 is 0 Å². The van der Waals surface area contributed by atoms with E-state index in [1.165, 1.54) is 5.56 Å². The Morgan fingerprint density at radius 3 is 2.60 bits per heavy atom. The van der Waals surface area contributed by atoms with Crippen molar-refractivity contribution in [3.63, 3.8) is 0 Å². The Morgan fingerprint density at radius 2 is 2.00 bits per heavy atom. The van der Waals surface area contributed by atoms with Crippen molar-refractivity contribution in [3.05, 3.63) is 29.8 Å². The number of ether oxygens (including phenoxy) is 1. The van der Waals surface area contributed by atoms with E-state index in [-0.39, 0.29) is 5.91 Å². The zero-order valence-corrected chi connectivity index (χ0v) is 12.6. The number of benzene rings is 1. The van der Waals surface area contributed by atoms with E-state index in [2.05, 4.69) is 18.9 Å². The smallest absolute Gasteiger partial charge is 0.223 e. The predicted molar refractivity (Wildman–Crippen MR) is 80.0 cm³/mol. The first-order chi connectivity index (χ1) is 9.60. The summed E-state index contributed by atoms with van der Waals surface area (Å²) in [5.74, 6) is 1.12. The highest BCUT2D eigenvalue weighted by Crippen LogP contribution is 2.14. The zero-order chi connectivity index (χ0) is 14.5. The van der Waals surface area contributed by atoms with Gasteiger partial charge in [-0.3, -0.25) is 4.79 Å². The third kappa shape index (κ3) is 3.73. The lowest BCUT2D eigenvalue weighted by molar-refractivity contribution is -0.135. The highest BCUT2D eigenvalue weighted by Gasteiger charge is 2.25. The number of carbonyl (C=O) groups is 1. The molecule has 0 bridgehead atoms. The Morgan fingerprint density at radius 1 is 1.30 bits per heavy atom. The van der Waals surface area contributed by atoms with Crippen LogP contribution in [0.2, 0.25) is 0 Å². The van der Waals surface area contributed by atoms with E-state index in [1.807, 2.05) is 29.2 Å². The van der Waals surface area contributed by atoms with Gasteiger partial charge < -0.3 is 14.5 Å². The van der Waals surface area contributed by atoms with Gasteiger partial charge in [-0.1, -0.05) is 12.1 Å². The van der Waals surface area contributed by atoms with Crippen LogP contribution < -0.4 is 4.74 Å². The first kappa shape index (κ1) is 14.9. The molecule has 1 aromatic rings. The van der Waals surface area contributed by atoms with E-state index in [4.69, 9.17) is 4.74 Å². The minimum absolute atomic E-state index is 0.265. The number of rotatable bonds is 4. The number of aryl methyl sites for hydroxylation is 1. The first-order valence-corrected chi connectivity index (χ1v) is 7.21. The lowest BCUT2D eigenvalue weighted by Gasteiger charge is -2.38. The molecule has 4 heteroatoms. The molecule has 1 heterocycles. The number of likely N-dealkylation sites (N-methyl/N-ethyl adjacent to an activating group) is 1. The molecule has 0 N–H and O–H groups in total. The molecule has 4 nitrogen and oxygen atoms in total. The summed E-state index contributed by atoms with van der Waals surface area (Å²) >= 11 is 0. The molecule has 20 heavy (non-hydrogen) atoms. The number of methoxy groups -OCH3 is 1. The van der Waals surface area contributed by atoms with Gasteiger partial charge in [0.25, 0.3) is 0 Å². The standard InChI is InChI=1S/C16H24N2O2/c1-13-12-17(2)10-11-18(13)16(19)9-6-14-4-7-15(20-3)8-5-14/h4-5,7-8,13H,6,9-12H2,1-3H3. The average Bonchev–Trinajstić information content (AvgIpc) is 2.45. The molecule has 1 saturated heterocycles. The highest BCUT2D eigenvalue weighted by atomic mass is 16.5. The number of piperazine rings is 1. The van der Waals surface area contributed by atoms with Gasteiger partial charge in [0.15, 0.2) is 0 Å². The molecule has 1 aliphatic rings. The van der Waals surface area contributed by atoms with Crippen LogP contribution in [-0.2, 0) is 11.2 Å². The Kier molecular flexibility index (Phi) is 5.01. The molecule has 1 amide bonds. The Bertz CT molecular complexity index is 444. The van der Waals surface area contributed by atoms with Crippen molar-refractivity contribution in [1.82, 2.24) is 9.80 Å². The highest BCUT2D eigenvalue weighted by molar-refractivity contribution is 5.77. The molecule has 2 rings (SSSR count). The molecule has 1 aliphatic heterocycles. The third-order valence-electron chi connectivity index (χ3n) is 3.94. The summed E-state index contributed by atoms with van der Waals surface area (Å²) in [5, 5.41) is 0. The van der Waals surface area contributed by atoms with Crippen LogP contribution >= 0.6 is 0 Å². The van der Waals surface area contributed by atoms with Gasteiger partial charge in [0.1, 0.15) is 5.75 Å². The lowest BCUT2D eigenvalue weighted by Crippen LogP contribution is -2.52. The second kappa shape index (κ2) is 6.75. The fraction of sp³-hybridized carbons (Fsp3) is 0.562. The van der Waals surface area contributed by atoms with Gasteiger partial charge in [-0.25, -0.2) is 0 Å². The number of carbonyl (C=O) groups excluding carboxylic acids is 1. The fourth-order valence-electron chi connectivity index (χ4n) is 2.70. The minimum atomic E-state index is 0.265. The van der Waals surface area contributed by atoms with Crippen LogP contribution in [0.3, 0.4) is 0 Å². The predicted octanol–water partition coefficient (Wildman–Crippen LogP) is 1.79. The van der Waals surface area contributed by atoms with Crippen LogP contribution in [0.15, 0.2) is 24.3 Å². The molecule has 110 valence electrons. The average molecular weight is 276 g/mol. The van der Waals surface area contributed by atoms with Gasteiger partial charge in [0.05, 0.1) is 7.11 Å². The summed E-state index contributed by atoms with van der Waals surface area (Å²) in [7, 11) is 3.77. The van der Waals surface area contributed by atoms with Gasteiger partial charge in [0, 0.05) is 32.1 Å². The van der Waals surface area contributed by atoms with Gasteiger partial charge >= 0.3 is 0 Å². The summed E-state index contributed by atoms with van der Waals surface area (Å²) in [5.41, 5.74) is 1.18. The van der Waals surface area contributed by atoms with Gasteiger partial charge in [0.2, 0.25) is 5.91 Å². The third-order valence-corrected chi connectivity index (χ3v) is 3.94. The molecule has 1 fully saturated rings. The lowest BCUT2D eigenvalue weighted by atomic mass is 10.1. The Hall–Kier alpha value is -1.55. The number of amides is 1. The van der Waals surface area contributed by atoms with E-state index in [1.54, 1.807) is 7.11 Å². The summed E-state index contributed by atoms with van der Waals surface area (Å²) < 4.78 is 5.13. The normalized spacial score (nSPS) is 19.9. The quantitative estimate of drug-likeness (QED) is 0.840. The summed E-state index contributed by atoms with van der Waals surface area (Å²) in [6.45, 7) is 4.91. The largest absolute Gasteiger partial charge is 0.497 e. The molecule has 0 aliphatic carbocycles. The van der Waals surface area contributed by atoms with E-state index in [0.717, 1.165) is 31.8 Å². The van der Waals surface area contributed by atoms with Crippen molar-refractivity contribution >= 4 is 5.91 Å². The van der Waals surface area contributed by atoms with Crippen molar-refractivity contribution < 1.29 is 9.53 Å². The summed E-state index contributed by atoms with van der Waals surface area (Å²) in [4.78, 5) is 16.6. The maximum absolute atomic E-state index is 12.3. The number of hydrogen-bond donors (Lipinski definition) is 0. The van der Waals surface area contributed by atoms with Crippen LogP contribution in [0, 0.1) is 0 Å². The van der Waals surface area contributed by atoms with Crippen LogP contribution in [0.5, 0.6) is 5.75 Å². The Labute approximate surface area is 121 Å². The second-order valence-corrected chi connectivity index (χ2v) is 5.55. The fourth-order valence-corrected chi connectivity index (χ4v) is 2.70. The molecule has 0 spiro atoms. The van der Waals surface area contributed by atoms with Crippen molar-refractivity contribution in [3.8, 4) is 5.75 Å². The second-order valence-electron chi connectivity index (χ2n) is 5.55. The minimum Gasteiger partial charge on any atom is -0.497 e. The number of nitrogens with zero attached hydrogens (tertiary/aromatic N) is 2. The Balaban J connectivity index is 1.85. The molecule has 0 radical (unpaired) electrons. The van der Waals surface area contributed by atoms with Gasteiger partial charge in [-0.15, -0.1) is 0 Å². The van der Waals surface area contributed by atoms with Crippen molar-refractivity contribution in [2.24, 2.45) is 0 Å². The zero-order valence-electron chi connectivity index (χ0n) is 12.6. The monoisotopic (exact) mass is 276 g/mol. The van der Waals surface area contributed by atoms with Crippen LogP contribution in [0.25, 0.3) is 0 Å².